The molecule has 3 aromatic carbocycles. The minimum absolute atomic E-state index is 0.142. The average molecular weight is 697 g/mol. The third-order valence-electron chi connectivity index (χ3n) is 7.04. The molecular formula is C39H40N2O10. The highest BCUT2D eigenvalue weighted by molar-refractivity contribution is 6.10. The van der Waals surface area contributed by atoms with Crippen molar-refractivity contribution in [2.75, 3.05) is 38.9 Å². The zero-order valence-electron chi connectivity index (χ0n) is 28.6. The third-order valence-corrected chi connectivity index (χ3v) is 7.04. The highest BCUT2D eigenvalue weighted by atomic mass is 16.5. The highest BCUT2D eigenvalue weighted by Crippen LogP contribution is 2.30. The van der Waals surface area contributed by atoms with Crippen molar-refractivity contribution < 1.29 is 47.6 Å². The molecule has 3 aromatic rings. The van der Waals surface area contributed by atoms with Gasteiger partial charge in [0, 0.05) is 17.8 Å². The molecule has 12 heteroatoms. The minimum Gasteiger partial charge on any atom is -0.494 e. The first kappa shape index (κ1) is 39.1. The van der Waals surface area contributed by atoms with Gasteiger partial charge in [-0.3, -0.25) is 4.79 Å². The topological polar surface area (TPSA) is 159 Å². The van der Waals surface area contributed by atoms with Crippen molar-refractivity contribution >= 4 is 35.6 Å². The molecule has 0 atom stereocenters. The Morgan fingerprint density at radius 1 is 0.765 bits per heavy atom. The van der Waals surface area contributed by atoms with Gasteiger partial charge in [-0.15, -0.1) is 0 Å². The van der Waals surface area contributed by atoms with Crippen molar-refractivity contribution in [3.63, 3.8) is 0 Å². The number of hydrogen-bond donors (Lipinski definition) is 1. The summed E-state index contributed by atoms with van der Waals surface area (Å²) in [5.74, 6) is -0.375. The lowest BCUT2D eigenvalue weighted by Crippen LogP contribution is -2.14. The molecule has 12 nitrogen and oxygen atoms in total. The second-order valence-corrected chi connectivity index (χ2v) is 10.8. The van der Waals surface area contributed by atoms with Crippen molar-refractivity contribution in [2.45, 2.75) is 32.6 Å². The molecule has 0 aromatic heterocycles. The van der Waals surface area contributed by atoms with Gasteiger partial charge in [-0.1, -0.05) is 19.2 Å². The van der Waals surface area contributed by atoms with E-state index < -0.39 is 23.8 Å². The highest BCUT2D eigenvalue weighted by Gasteiger charge is 2.15. The Hall–Kier alpha value is -6.35. The van der Waals surface area contributed by atoms with Gasteiger partial charge >= 0.3 is 17.9 Å². The monoisotopic (exact) mass is 696 g/mol. The Balaban J connectivity index is 1.52. The molecule has 0 aliphatic carbocycles. The molecule has 0 saturated heterocycles. The molecule has 0 aliphatic rings. The maximum absolute atomic E-state index is 13.0. The Labute approximate surface area is 296 Å². The Kier molecular flexibility index (Phi) is 16.0. The number of rotatable bonds is 20. The van der Waals surface area contributed by atoms with E-state index in [1.165, 1.54) is 19.3 Å². The van der Waals surface area contributed by atoms with Crippen LogP contribution in [0.2, 0.25) is 0 Å². The van der Waals surface area contributed by atoms with Crippen LogP contribution in [-0.2, 0) is 23.9 Å². The average Bonchev–Trinajstić information content (AvgIpc) is 3.14. The Bertz CT molecular complexity index is 1770. The van der Waals surface area contributed by atoms with Crippen molar-refractivity contribution in [1.29, 1.82) is 5.26 Å². The first-order valence-corrected chi connectivity index (χ1v) is 16.1. The number of hydrogen-bond acceptors (Lipinski definition) is 11. The Morgan fingerprint density at radius 2 is 1.37 bits per heavy atom. The molecule has 0 fully saturated rings. The molecule has 1 amide bonds. The predicted octanol–water partition coefficient (Wildman–Crippen LogP) is 6.54. The molecule has 3 rings (SSSR count). The lowest BCUT2D eigenvalue weighted by Gasteiger charge is -2.12. The number of nitrogens with one attached hydrogen (secondary N) is 1. The van der Waals surface area contributed by atoms with Crippen LogP contribution in [0.5, 0.6) is 23.0 Å². The number of unbranched alkanes of at least 4 members (excludes halogenated alkanes) is 2. The molecule has 0 aliphatic heterocycles. The van der Waals surface area contributed by atoms with Gasteiger partial charge in [0.25, 0.3) is 5.91 Å². The van der Waals surface area contributed by atoms with Crippen LogP contribution in [0, 0.1) is 18.3 Å². The molecule has 0 saturated carbocycles. The minimum atomic E-state index is -0.625. The van der Waals surface area contributed by atoms with E-state index in [0.717, 1.165) is 12.2 Å². The number of amides is 1. The van der Waals surface area contributed by atoms with Crippen molar-refractivity contribution in [3.05, 3.63) is 108 Å². The molecule has 0 spiro atoms. The van der Waals surface area contributed by atoms with Gasteiger partial charge in [-0.2, -0.15) is 5.26 Å². The number of carbonyl (C=O) groups is 4. The number of methoxy groups -OCH3 is 1. The third kappa shape index (κ3) is 13.2. The lowest BCUT2D eigenvalue weighted by atomic mass is 10.1. The van der Waals surface area contributed by atoms with E-state index in [9.17, 15) is 24.4 Å². The number of carbonyl (C=O) groups excluding carboxylic acids is 4. The molecular weight excluding hydrogens is 656 g/mol. The summed E-state index contributed by atoms with van der Waals surface area (Å²) in [4.78, 5) is 47.9. The van der Waals surface area contributed by atoms with E-state index in [4.69, 9.17) is 28.4 Å². The van der Waals surface area contributed by atoms with Crippen molar-refractivity contribution in [3.8, 4) is 29.1 Å². The van der Waals surface area contributed by atoms with Gasteiger partial charge in [0.1, 0.15) is 23.1 Å². The van der Waals surface area contributed by atoms with Crippen LogP contribution in [0.4, 0.5) is 5.69 Å². The first-order chi connectivity index (χ1) is 24.7. The summed E-state index contributed by atoms with van der Waals surface area (Å²) in [6.45, 7) is 9.76. The van der Waals surface area contributed by atoms with E-state index in [1.807, 2.05) is 6.07 Å². The lowest BCUT2D eigenvalue weighted by molar-refractivity contribution is -0.138. The standard InChI is InChI=1S/C39H40N2O10/c1-5-36(42)49-21-9-7-19-47-31-14-12-29(13-15-31)39(45)51-32-16-17-33(27(3)23-32)41-38(44)30(26-40)24-28-11-18-34(35(25-28)46-4)48-20-8-10-22-50-37(43)6-2/h5-6,11-18,23-25H,1-2,7-10,19-22H2,3-4H3,(H,41,44)/b30-24+. The number of benzene rings is 3. The second-order valence-electron chi connectivity index (χ2n) is 10.8. The summed E-state index contributed by atoms with van der Waals surface area (Å²) in [5, 5.41) is 12.5. The van der Waals surface area contributed by atoms with Crippen LogP contribution in [0.1, 0.15) is 47.2 Å². The molecule has 0 heterocycles. The summed E-state index contributed by atoms with van der Waals surface area (Å²) in [6.07, 6.45) is 6.24. The van der Waals surface area contributed by atoms with Gasteiger partial charge in [0.2, 0.25) is 0 Å². The molecule has 266 valence electrons. The van der Waals surface area contributed by atoms with Gasteiger partial charge in [-0.05, 0) is 104 Å². The maximum atomic E-state index is 13.0. The Morgan fingerprint density at radius 3 is 1.96 bits per heavy atom. The number of nitriles is 1. The van der Waals surface area contributed by atoms with E-state index in [-0.39, 0.29) is 24.5 Å². The largest absolute Gasteiger partial charge is 0.494 e. The van der Waals surface area contributed by atoms with Gasteiger partial charge in [0.15, 0.2) is 11.5 Å². The summed E-state index contributed by atoms with van der Waals surface area (Å²) in [7, 11) is 1.48. The van der Waals surface area contributed by atoms with Crippen LogP contribution < -0.4 is 24.3 Å². The molecule has 0 bridgehead atoms. The number of anilines is 1. The van der Waals surface area contributed by atoms with E-state index in [0.29, 0.717) is 78.5 Å². The summed E-state index contributed by atoms with van der Waals surface area (Å²) >= 11 is 0. The van der Waals surface area contributed by atoms with Crippen LogP contribution in [0.3, 0.4) is 0 Å². The van der Waals surface area contributed by atoms with E-state index in [2.05, 4.69) is 18.5 Å². The molecule has 0 radical (unpaired) electrons. The fourth-order valence-corrected chi connectivity index (χ4v) is 4.33. The zero-order valence-corrected chi connectivity index (χ0v) is 28.6. The van der Waals surface area contributed by atoms with Crippen LogP contribution in [-0.4, -0.2) is 57.4 Å². The summed E-state index contributed by atoms with van der Waals surface area (Å²) in [6, 6.07) is 18.2. The second kappa shape index (κ2) is 20.9. The van der Waals surface area contributed by atoms with Gasteiger partial charge in [0.05, 0.1) is 39.1 Å². The SMILES string of the molecule is C=CC(=O)OCCCCOc1ccc(C(=O)Oc2ccc(NC(=O)/C(C#N)=C/c3ccc(OCCCCOC(=O)C=C)c(OC)c3)c(C)c2)cc1. The fraction of sp³-hybridized carbons (Fsp3) is 0.256. The smallest absolute Gasteiger partial charge is 0.343 e. The van der Waals surface area contributed by atoms with Crippen molar-refractivity contribution in [1.82, 2.24) is 0 Å². The fourth-order valence-electron chi connectivity index (χ4n) is 4.33. The molecule has 51 heavy (non-hydrogen) atoms. The normalized spacial score (nSPS) is 10.6. The summed E-state index contributed by atoms with van der Waals surface area (Å²) in [5.41, 5.74) is 1.76. The molecule has 1 N–H and O–H groups in total. The number of aryl methyl sites for hydroxylation is 1. The van der Waals surface area contributed by atoms with Crippen LogP contribution in [0.25, 0.3) is 6.08 Å². The quantitative estimate of drug-likeness (QED) is 0.0449. The maximum Gasteiger partial charge on any atom is 0.343 e. The van der Waals surface area contributed by atoms with E-state index in [1.54, 1.807) is 61.5 Å². The zero-order chi connectivity index (χ0) is 37.0. The van der Waals surface area contributed by atoms with Crippen LogP contribution >= 0.6 is 0 Å². The number of esters is 3. The predicted molar refractivity (Wildman–Crippen MR) is 190 cm³/mol. The van der Waals surface area contributed by atoms with E-state index >= 15 is 0 Å². The van der Waals surface area contributed by atoms with Crippen molar-refractivity contribution in [2.24, 2.45) is 0 Å². The number of ether oxygens (including phenoxy) is 6. The van der Waals surface area contributed by atoms with Gasteiger partial charge < -0.3 is 33.7 Å². The number of nitrogens with zero attached hydrogens (tertiary/aromatic N) is 1. The van der Waals surface area contributed by atoms with Gasteiger partial charge in [-0.25, -0.2) is 14.4 Å². The summed E-state index contributed by atoms with van der Waals surface area (Å²) < 4.78 is 32.3. The molecule has 0 unspecified atom stereocenters. The first-order valence-electron chi connectivity index (χ1n) is 16.1. The van der Waals surface area contributed by atoms with Crippen LogP contribution in [0.15, 0.2) is 91.5 Å².